The minimum absolute atomic E-state index is 0.249. The number of aromatic nitrogens is 2. The second-order valence-electron chi connectivity index (χ2n) is 3.79. The minimum Gasteiger partial charge on any atom is -0.337 e. The maximum atomic E-state index is 13.7. The Bertz CT molecular complexity index is 642. The quantitative estimate of drug-likeness (QED) is 0.907. The number of hydrogen-bond donors (Lipinski definition) is 1. The summed E-state index contributed by atoms with van der Waals surface area (Å²) in [4.78, 5) is 0. The minimum atomic E-state index is -0.481. The largest absolute Gasteiger partial charge is 0.337 e. The van der Waals surface area contributed by atoms with Crippen molar-refractivity contribution in [2.24, 2.45) is 7.05 Å². The zero-order chi connectivity index (χ0) is 13.3. The standard InChI is InChI=1S/C12H10ClFN4/c1-7-9(6-15)12(18(2)17-7)16-11-4-3-8(13)5-10(11)14/h3-5,16H,1-2H3. The lowest BCUT2D eigenvalue weighted by molar-refractivity contribution is 0.631. The van der Waals surface area contributed by atoms with Gasteiger partial charge < -0.3 is 5.32 Å². The predicted octanol–water partition coefficient (Wildman–Crippen LogP) is 3.14. The van der Waals surface area contributed by atoms with E-state index in [4.69, 9.17) is 16.9 Å². The Morgan fingerprint density at radius 3 is 2.83 bits per heavy atom. The van der Waals surface area contributed by atoms with E-state index in [0.29, 0.717) is 22.1 Å². The summed E-state index contributed by atoms with van der Waals surface area (Å²) in [6.07, 6.45) is 0. The van der Waals surface area contributed by atoms with E-state index in [0.717, 1.165) is 0 Å². The second-order valence-corrected chi connectivity index (χ2v) is 4.23. The molecule has 0 radical (unpaired) electrons. The summed E-state index contributed by atoms with van der Waals surface area (Å²) in [5.74, 6) is -0.0264. The summed E-state index contributed by atoms with van der Waals surface area (Å²) in [7, 11) is 1.68. The molecule has 18 heavy (non-hydrogen) atoms. The van der Waals surface area contributed by atoms with E-state index in [9.17, 15) is 4.39 Å². The Labute approximate surface area is 109 Å². The lowest BCUT2D eigenvalue weighted by Gasteiger charge is -2.08. The lowest BCUT2D eigenvalue weighted by Crippen LogP contribution is -2.02. The van der Waals surface area contributed by atoms with Crippen molar-refractivity contribution in [2.45, 2.75) is 6.92 Å². The number of nitrogens with zero attached hydrogens (tertiary/aromatic N) is 3. The summed E-state index contributed by atoms with van der Waals surface area (Å²) < 4.78 is 15.2. The molecule has 4 nitrogen and oxygen atoms in total. The third-order valence-corrected chi connectivity index (χ3v) is 2.75. The van der Waals surface area contributed by atoms with Crippen molar-refractivity contribution >= 4 is 23.1 Å². The van der Waals surface area contributed by atoms with Crippen LogP contribution in [-0.4, -0.2) is 9.78 Å². The third-order valence-electron chi connectivity index (χ3n) is 2.52. The molecule has 2 rings (SSSR count). The van der Waals surface area contributed by atoms with Crippen molar-refractivity contribution in [1.29, 1.82) is 5.26 Å². The molecule has 0 saturated carbocycles. The summed E-state index contributed by atoms with van der Waals surface area (Å²) in [6.45, 7) is 1.72. The number of rotatable bonds is 2. The van der Waals surface area contributed by atoms with Gasteiger partial charge >= 0.3 is 0 Å². The highest BCUT2D eigenvalue weighted by Gasteiger charge is 2.14. The number of halogens is 2. The Morgan fingerprint density at radius 1 is 1.50 bits per heavy atom. The maximum absolute atomic E-state index is 13.7. The second kappa shape index (κ2) is 4.67. The van der Waals surface area contributed by atoms with Crippen molar-refractivity contribution in [3.8, 4) is 6.07 Å². The van der Waals surface area contributed by atoms with Crippen LogP contribution in [0.1, 0.15) is 11.3 Å². The van der Waals surface area contributed by atoms with Gasteiger partial charge in [0.15, 0.2) is 0 Å². The highest BCUT2D eigenvalue weighted by atomic mass is 35.5. The average molecular weight is 265 g/mol. The molecule has 92 valence electrons. The van der Waals surface area contributed by atoms with Crippen LogP contribution in [0.3, 0.4) is 0 Å². The van der Waals surface area contributed by atoms with E-state index in [1.807, 2.05) is 6.07 Å². The van der Waals surface area contributed by atoms with Crippen LogP contribution in [0.5, 0.6) is 0 Å². The summed E-state index contributed by atoms with van der Waals surface area (Å²) in [6, 6.07) is 6.34. The Balaban J connectivity index is 2.43. The Kier molecular flexibility index (Phi) is 3.21. The molecule has 0 amide bonds. The van der Waals surface area contributed by atoms with Crippen LogP contribution in [-0.2, 0) is 7.05 Å². The first-order valence-corrected chi connectivity index (χ1v) is 5.56. The molecule has 0 saturated heterocycles. The first-order chi connectivity index (χ1) is 8.52. The van der Waals surface area contributed by atoms with Crippen molar-refractivity contribution in [3.05, 3.63) is 40.3 Å². The molecule has 1 aromatic heterocycles. The average Bonchev–Trinajstić information content (AvgIpc) is 2.57. The highest BCUT2D eigenvalue weighted by Crippen LogP contribution is 2.25. The molecule has 1 aromatic carbocycles. The lowest BCUT2D eigenvalue weighted by atomic mass is 10.2. The van der Waals surface area contributed by atoms with E-state index in [2.05, 4.69) is 10.4 Å². The van der Waals surface area contributed by atoms with Gasteiger partial charge in [0.2, 0.25) is 0 Å². The zero-order valence-corrected chi connectivity index (χ0v) is 10.6. The summed E-state index contributed by atoms with van der Waals surface area (Å²) >= 11 is 5.68. The normalized spacial score (nSPS) is 10.2. The zero-order valence-electron chi connectivity index (χ0n) is 9.83. The van der Waals surface area contributed by atoms with Crippen LogP contribution >= 0.6 is 11.6 Å². The van der Waals surface area contributed by atoms with Gasteiger partial charge in [-0.3, -0.25) is 4.68 Å². The van der Waals surface area contributed by atoms with E-state index >= 15 is 0 Å². The molecule has 0 unspecified atom stereocenters. The van der Waals surface area contributed by atoms with Gasteiger partial charge in [-0.2, -0.15) is 10.4 Å². The van der Waals surface area contributed by atoms with Crippen molar-refractivity contribution in [2.75, 3.05) is 5.32 Å². The molecule has 0 atom stereocenters. The molecule has 2 aromatic rings. The number of hydrogen-bond acceptors (Lipinski definition) is 3. The van der Waals surface area contributed by atoms with E-state index < -0.39 is 5.82 Å². The molecular formula is C12H10ClFN4. The predicted molar refractivity (Wildman–Crippen MR) is 67.4 cm³/mol. The smallest absolute Gasteiger partial charge is 0.148 e. The fraction of sp³-hybridized carbons (Fsp3) is 0.167. The van der Waals surface area contributed by atoms with Crippen molar-refractivity contribution in [3.63, 3.8) is 0 Å². The van der Waals surface area contributed by atoms with Gasteiger partial charge in [-0.05, 0) is 25.1 Å². The molecule has 1 heterocycles. The van der Waals surface area contributed by atoms with Gasteiger partial charge in [0.25, 0.3) is 0 Å². The van der Waals surface area contributed by atoms with E-state index in [-0.39, 0.29) is 5.69 Å². The fourth-order valence-electron chi connectivity index (χ4n) is 1.65. The van der Waals surface area contributed by atoms with Crippen LogP contribution in [0.2, 0.25) is 5.02 Å². The van der Waals surface area contributed by atoms with Crippen molar-refractivity contribution in [1.82, 2.24) is 9.78 Å². The molecule has 0 aliphatic rings. The van der Waals surface area contributed by atoms with Crippen LogP contribution in [0, 0.1) is 24.1 Å². The third kappa shape index (κ3) is 2.15. The van der Waals surface area contributed by atoms with Crippen LogP contribution < -0.4 is 5.32 Å². The van der Waals surface area contributed by atoms with Crippen LogP contribution in [0.25, 0.3) is 0 Å². The van der Waals surface area contributed by atoms with Gasteiger partial charge in [-0.25, -0.2) is 4.39 Å². The fourth-order valence-corrected chi connectivity index (χ4v) is 1.81. The number of benzene rings is 1. The SMILES string of the molecule is Cc1nn(C)c(Nc2ccc(Cl)cc2F)c1C#N. The van der Waals surface area contributed by atoms with Crippen LogP contribution in [0.4, 0.5) is 15.9 Å². The van der Waals surface area contributed by atoms with Gasteiger partial charge in [0.05, 0.1) is 11.4 Å². The Hall–Kier alpha value is -2.06. The van der Waals surface area contributed by atoms with Gasteiger partial charge in [-0.1, -0.05) is 11.6 Å². The molecule has 6 heteroatoms. The molecule has 0 fully saturated rings. The number of anilines is 2. The summed E-state index contributed by atoms with van der Waals surface area (Å²) in [5, 5.41) is 16.3. The number of nitrogens with one attached hydrogen (secondary N) is 1. The molecule has 0 aliphatic heterocycles. The maximum Gasteiger partial charge on any atom is 0.148 e. The molecule has 0 spiro atoms. The van der Waals surface area contributed by atoms with Crippen molar-refractivity contribution < 1.29 is 4.39 Å². The molecule has 1 N–H and O–H groups in total. The monoisotopic (exact) mass is 264 g/mol. The topological polar surface area (TPSA) is 53.6 Å². The Morgan fingerprint density at radius 2 is 2.22 bits per heavy atom. The van der Waals surface area contributed by atoms with E-state index in [1.165, 1.54) is 16.8 Å². The van der Waals surface area contributed by atoms with E-state index in [1.54, 1.807) is 20.0 Å². The van der Waals surface area contributed by atoms with Crippen LogP contribution in [0.15, 0.2) is 18.2 Å². The van der Waals surface area contributed by atoms with Gasteiger partial charge in [0.1, 0.15) is 23.3 Å². The molecular weight excluding hydrogens is 255 g/mol. The summed E-state index contributed by atoms with van der Waals surface area (Å²) in [5.41, 5.74) is 1.24. The first kappa shape index (κ1) is 12.4. The van der Waals surface area contributed by atoms with Gasteiger partial charge in [0, 0.05) is 12.1 Å². The highest BCUT2D eigenvalue weighted by molar-refractivity contribution is 6.30. The number of aryl methyl sites for hydroxylation is 2. The van der Waals surface area contributed by atoms with Gasteiger partial charge in [-0.15, -0.1) is 0 Å². The first-order valence-electron chi connectivity index (χ1n) is 5.18. The molecule has 0 bridgehead atoms. The molecule has 0 aliphatic carbocycles. The number of nitriles is 1.